The average molecular weight is 455 g/mol. The van der Waals surface area contributed by atoms with Gasteiger partial charge in [0.25, 0.3) is 11.1 Å². The Morgan fingerprint density at radius 3 is 2.55 bits per heavy atom. The van der Waals surface area contributed by atoms with Crippen LogP contribution in [0.15, 0.2) is 41.3 Å². The molecule has 2 amide bonds. The van der Waals surface area contributed by atoms with Gasteiger partial charge in [0.15, 0.2) is 0 Å². The van der Waals surface area contributed by atoms with Crippen molar-refractivity contribution in [3.05, 3.63) is 68.6 Å². The smallest absolute Gasteiger partial charge is 0.293 e. The third kappa shape index (κ3) is 4.13. The minimum absolute atomic E-state index is 0.0515. The van der Waals surface area contributed by atoms with Gasteiger partial charge in [-0.05, 0) is 79.8 Å². The van der Waals surface area contributed by atoms with Gasteiger partial charge in [-0.2, -0.15) is 0 Å². The summed E-state index contributed by atoms with van der Waals surface area (Å²) in [7, 11) is 2.09. The Balaban J connectivity index is 1.63. The molecule has 1 atom stereocenters. The van der Waals surface area contributed by atoms with E-state index in [1.807, 2.05) is 37.3 Å². The van der Waals surface area contributed by atoms with Crippen molar-refractivity contribution in [1.82, 2.24) is 4.90 Å². The number of hydrogen-bond donors (Lipinski definition) is 0. The molecule has 0 bridgehead atoms. The monoisotopic (exact) mass is 454 g/mol. The van der Waals surface area contributed by atoms with Crippen LogP contribution in [0.5, 0.6) is 0 Å². The molecule has 0 radical (unpaired) electrons. The summed E-state index contributed by atoms with van der Waals surface area (Å²) in [5.41, 5.74) is 5.25. The van der Waals surface area contributed by atoms with Gasteiger partial charge in [-0.25, -0.2) is 0 Å². The van der Waals surface area contributed by atoms with Crippen LogP contribution >= 0.6 is 23.4 Å². The molecule has 2 aromatic carbocycles. The third-order valence-electron chi connectivity index (χ3n) is 6.37. The Morgan fingerprint density at radius 1 is 1.19 bits per heavy atom. The molecule has 0 N–H and O–H groups in total. The number of benzene rings is 2. The van der Waals surface area contributed by atoms with Gasteiger partial charge in [0, 0.05) is 23.3 Å². The summed E-state index contributed by atoms with van der Waals surface area (Å²) in [4.78, 5) is 29.5. The molecule has 162 valence electrons. The number of nitrogens with zero attached hydrogens (tertiary/aromatic N) is 2. The quantitative estimate of drug-likeness (QED) is 0.489. The van der Waals surface area contributed by atoms with Crippen LogP contribution in [0.3, 0.4) is 0 Å². The predicted octanol–water partition coefficient (Wildman–Crippen LogP) is 6.61. The molecule has 1 saturated heterocycles. The molecule has 4 rings (SSSR count). The number of thioether (sulfide) groups is 1. The van der Waals surface area contributed by atoms with E-state index < -0.39 is 0 Å². The first-order chi connectivity index (χ1) is 14.6. The first-order valence-electron chi connectivity index (χ1n) is 10.4. The molecule has 2 aliphatic heterocycles. The van der Waals surface area contributed by atoms with Gasteiger partial charge in [0.05, 0.1) is 11.4 Å². The van der Waals surface area contributed by atoms with Crippen molar-refractivity contribution in [3.63, 3.8) is 0 Å². The molecule has 0 saturated carbocycles. The van der Waals surface area contributed by atoms with Crippen LogP contribution in [0.25, 0.3) is 6.08 Å². The first-order valence-corrected chi connectivity index (χ1v) is 11.6. The van der Waals surface area contributed by atoms with Crippen molar-refractivity contribution in [1.29, 1.82) is 0 Å². The summed E-state index contributed by atoms with van der Waals surface area (Å²) < 4.78 is 0. The maximum absolute atomic E-state index is 13.0. The predicted molar refractivity (Wildman–Crippen MR) is 130 cm³/mol. The first kappa shape index (κ1) is 22.0. The Kier molecular flexibility index (Phi) is 5.69. The lowest BCUT2D eigenvalue weighted by atomic mass is 9.80. The zero-order chi connectivity index (χ0) is 22.5. The fourth-order valence-corrected chi connectivity index (χ4v) is 5.41. The second-order valence-electron chi connectivity index (χ2n) is 9.16. The molecule has 6 heteroatoms. The Hall–Kier alpha value is -2.24. The highest BCUT2D eigenvalue weighted by atomic mass is 35.5. The summed E-state index contributed by atoms with van der Waals surface area (Å²) in [6.07, 6.45) is 2.79. The average Bonchev–Trinajstić information content (AvgIpc) is 2.96. The number of carbonyl (C=O) groups is 2. The van der Waals surface area contributed by atoms with E-state index in [1.165, 1.54) is 10.5 Å². The number of rotatable bonds is 3. The van der Waals surface area contributed by atoms with Crippen LogP contribution in [-0.2, 0) is 11.3 Å². The summed E-state index contributed by atoms with van der Waals surface area (Å²) in [6.45, 7) is 8.98. The second-order valence-corrected chi connectivity index (χ2v) is 10.6. The fraction of sp³-hybridized carbons (Fsp3) is 0.360. The number of hydrogen-bond acceptors (Lipinski definition) is 4. The topological polar surface area (TPSA) is 40.6 Å². The largest absolute Gasteiger partial charge is 0.369 e. The zero-order valence-electron chi connectivity index (χ0n) is 18.5. The third-order valence-corrected chi connectivity index (χ3v) is 7.61. The summed E-state index contributed by atoms with van der Waals surface area (Å²) in [6, 6.07) is 11.9. The van der Waals surface area contributed by atoms with E-state index in [4.69, 9.17) is 11.6 Å². The maximum atomic E-state index is 13.0. The van der Waals surface area contributed by atoms with Gasteiger partial charge in [-0.3, -0.25) is 14.5 Å². The van der Waals surface area contributed by atoms with Gasteiger partial charge in [-0.1, -0.05) is 48.4 Å². The van der Waals surface area contributed by atoms with Gasteiger partial charge in [-0.15, -0.1) is 0 Å². The molecule has 31 heavy (non-hydrogen) atoms. The summed E-state index contributed by atoms with van der Waals surface area (Å²) in [5.74, 6) is 0.109. The summed E-state index contributed by atoms with van der Waals surface area (Å²) in [5, 5.41) is 0.335. The van der Waals surface area contributed by atoms with E-state index in [2.05, 4.69) is 38.8 Å². The van der Waals surface area contributed by atoms with E-state index in [9.17, 15) is 9.59 Å². The van der Waals surface area contributed by atoms with Crippen LogP contribution in [0.2, 0.25) is 5.02 Å². The van der Waals surface area contributed by atoms with Gasteiger partial charge in [0.2, 0.25) is 0 Å². The van der Waals surface area contributed by atoms with E-state index in [-0.39, 0.29) is 23.2 Å². The van der Waals surface area contributed by atoms with Gasteiger partial charge in [0.1, 0.15) is 0 Å². The molecular formula is C25H27ClN2O2S. The van der Waals surface area contributed by atoms with Crippen LogP contribution in [0.4, 0.5) is 10.5 Å². The van der Waals surface area contributed by atoms with Crippen molar-refractivity contribution in [2.75, 3.05) is 11.9 Å². The standard InChI is InChI=1S/C25H27ClN2O2S/c1-15-6-8-17(9-7-15)14-28-23(29)22(31-24(28)30)11-18-10-19-16(2)13-25(3,4)27(5)21(19)12-20(18)26/h6-12,16H,13-14H2,1-5H3/b22-11-/t16-/m0/s1. The molecule has 2 heterocycles. The normalized spacial score (nSPS) is 21.7. The molecule has 0 unspecified atom stereocenters. The highest BCUT2D eigenvalue weighted by molar-refractivity contribution is 8.18. The van der Waals surface area contributed by atoms with E-state index in [0.29, 0.717) is 15.8 Å². The van der Waals surface area contributed by atoms with Crippen molar-refractivity contribution in [3.8, 4) is 0 Å². The number of aryl methyl sites for hydroxylation is 1. The van der Waals surface area contributed by atoms with Crippen molar-refractivity contribution in [2.24, 2.45) is 0 Å². The van der Waals surface area contributed by atoms with E-state index in [1.54, 1.807) is 6.08 Å². The molecule has 4 nitrogen and oxygen atoms in total. The molecule has 2 aliphatic rings. The van der Waals surface area contributed by atoms with Crippen LogP contribution in [0.1, 0.15) is 55.4 Å². The SMILES string of the molecule is Cc1ccc(CN2C(=O)S/C(=C\c3cc4c(cc3Cl)N(C)C(C)(C)C[C@@H]4C)C2=O)cc1. The summed E-state index contributed by atoms with van der Waals surface area (Å²) >= 11 is 7.60. The van der Waals surface area contributed by atoms with E-state index in [0.717, 1.165) is 40.6 Å². The minimum Gasteiger partial charge on any atom is -0.369 e. The second kappa shape index (κ2) is 8.03. The van der Waals surface area contributed by atoms with Crippen LogP contribution < -0.4 is 4.90 Å². The van der Waals surface area contributed by atoms with Gasteiger partial charge < -0.3 is 4.90 Å². The highest BCUT2D eigenvalue weighted by Gasteiger charge is 2.37. The molecule has 2 aromatic rings. The maximum Gasteiger partial charge on any atom is 0.293 e. The lowest BCUT2D eigenvalue weighted by molar-refractivity contribution is -0.123. The lowest BCUT2D eigenvalue weighted by Crippen LogP contribution is -2.45. The van der Waals surface area contributed by atoms with Crippen molar-refractivity contribution < 1.29 is 9.59 Å². The molecular weight excluding hydrogens is 428 g/mol. The number of imide groups is 1. The fourth-order valence-electron chi connectivity index (χ4n) is 4.37. The Bertz CT molecular complexity index is 1090. The number of halogens is 1. The number of anilines is 1. The molecule has 0 spiro atoms. The van der Waals surface area contributed by atoms with Crippen molar-refractivity contribution in [2.45, 2.75) is 52.1 Å². The van der Waals surface area contributed by atoms with Crippen LogP contribution in [-0.4, -0.2) is 28.6 Å². The number of carbonyl (C=O) groups excluding carboxylic acids is 2. The Morgan fingerprint density at radius 2 is 1.87 bits per heavy atom. The molecule has 1 fully saturated rings. The zero-order valence-corrected chi connectivity index (χ0v) is 20.1. The molecule has 0 aliphatic carbocycles. The molecule has 0 aromatic heterocycles. The van der Waals surface area contributed by atoms with Gasteiger partial charge >= 0.3 is 0 Å². The van der Waals surface area contributed by atoms with Crippen LogP contribution in [0, 0.1) is 6.92 Å². The minimum atomic E-state index is -0.268. The number of fused-ring (bicyclic) bond motifs is 1. The van der Waals surface area contributed by atoms with E-state index >= 15 is 0 Å². The lowest BCUT2D eigenvalue weighted by Gasteiger charge is -2.45. The van der Waals surface area contributed by atoms with Crippen molar-refractivity contribution >= 4 is 46.3 Å². The Labute approximate surface area is 193 Å². The highest BCUT2D eigenvalue weighted by Crippen LogP contribution is 2.45. The number of amides is 2.